The largest absolute Gasteiger partial charge is 0.492 e. The molecule has 0 spiro atoms. The van der Waals surface area contributed by atoms with Crippen LogP contribution in [-0.4, -0.2) is 15.0 Å². The Bertz CT molecular complexity index is 529. The average Bonchev–Trinajstić information content (AvgIpc) is 2.31. The highest BCUT2D eigenvalue weighted by Gasteiger charge is 2.18. The van der Waals surface area contributed by atoms with Crippen molar-refractivity contribution in [1.29, 1.82) is 0 Å². The van der Waals surface area contributed by atoms with Crippen LogP contribution in [0.1, 0.15) is 32.6 Å². The Morgan fingerprint density at radius 1 is 1.11 bits per heavy atom. The molecule has 0 radical (unpaired) electrons. The third-order valence-electron chi connectivity index (χ3n) is 2.50. The minimum absolute atomic E-state index is 0.00274. The fourth-order valence-electron chi connectivity index (χ4n) is 1.52. The first-order chi connectivity index (χ1) is 8.86. The monoisotopic (exact) mass is 344 g/mol. The second kappa shape index (κ2) is 7.58. The molecule has 0 atom stereocenters. The second-order valence-electron chi connectivity index (χ2n) is 4.06. The number of rotatable bonds is 7. The highest BCUT2D eigenvalue weighted by Crippen LogP contribution is 2.35. The SMILES string of the molecule is CCCCCCOc1cc(Cl)c(S(=O)(=O)Cl)cc1Cl. The van der Waals surface area contributed by atoms with Crippen molar-refractivity contribution in [2.24, 2.45) is 0 Å². The van der Waals surface area contributed by atoms with Crippen LogP contribution in [0.25, 0.3) is 0 Å². The predicted molar refractivity (Wildman–Crippen MR) is 79.1 cm³/mol. The summed E-state index contributed by atoms with van der Waals surface area (Å²) in [5, 5.41) is 0.182. The molecule has 3 nitrogen and oxygen atoms in total. The molecule has 0 aliphatic carbocycles. The Kier molecular flexibility index (Phi) is 6.74. The normalized spacial score (nSPS) is 11.6. The number of hydrogen-bond donors (Lipinski definition) is 0. The van der Waals surface area contributed by atoms with Crippen LogP contribution < -0.4 is 4.74 Å². The van der Waals surface area contributed by atoms with Gasteiger partial charge < -0.3 is 4.74 Å². The molecule has 0 bridgehead atoms. The fraction of sp³-hybridized carbons (Fsp3) is 0.500. The molecule has 1 rings (SSSR count). The van der Waals surface area contributed by atoms with Crippen LogP contribution in [-0.2, 0) is 9.05 Å². The molecule has 7 heteroatoms. The fourth-order valence-corrected chi connectivity index (χ4v) is 3.31. The molecule has 108 valence electrons. The van der Waals surface area contributed by atoms with Gasteiger partial charge >= 0.3 is 0 Å². The van der Waals surface area contributed by atoms with Gasteiger partial charge in [-0.25, -0.2) is 8.42 Å². The highest BCUT2D eigenvalue weighted by molar-refractivity contribution is 8.13. The van der Waals surface area contributed by atoms with Crippen molar-refractivity contribution in [3.8, 4) is 5.75 Å². The van der Waals surface area contributed by atoms with E-state index in [0.717, 1.165) is 25.7 Å². The van der Waals surface area contributed by atoms with Gasteiger partial charge in [0.2, 0.25) is 0 Å². The lowest BCUT2D eigenvalue weighted by Gasteiger charge is -2.10. The molecule has 19 heavy (non-hydrogen) atoms. The summed E-state index contributed by atoms with van der Waals surface area (Å²) in [7, 11) is 1.33. The minimum atomic E-state index is -3.90. The molecule has 0 aliphatic rings. The summed E-state index contributed by atoms with van der Waals surface area (Å²) >= 11 is 11.8. The van der Waals surface area contributed by atoms with E-state index >= 15 is 0 Å². The van der Waals surface area contributed by atoms with Gasteiger partial charge in [-0.05, 0) is 12.5 Å². The molecule has 0 saturated heterocycles. The maximum Gasteiger partial charge on any atom is 0.262 e. The second-order valence-corrected chi connectivity index (χ2v) is 7.41. The van der Waals surface area contributed by atoms with Gasteiger partial charge in [0.1, 0.15) is 10.6 Å². The Morgan fingerprint density at radius 3 is 2.37 bits per heavy atom. The Morgan fingerprint density at radius 2 is 1.79 bits per heavy atom. The molecule has 1 aromatic carbocycles. The first kappa shape index (κ1) is 16.9. The standard InChI is InChI=1S/C12H15Cl3O3S/c1-2-3-4-5-6-18-11-7-10(14)12(8-9(11)13)19(15,16)17/h7-8H,2-6H2,1H3. The third-order valence-corrected chi connectivity index (χ3v) is 4.59. The van der Waals surface area contributed by atoms with Gasteiger partial charge in [-0.15, -0.1) is 0 Å². The maximum atomic E-state index is 11.2. The van der Waals surface area contributed by atoms with Crippen molar-refractivity contribution in [2.45, 2.75) is 37.5 Å². The van der Waals surface area contributed by atoms with Gasteiger partial charge in [-0.2, -0.15) is 0 Å². The van der Waals surface area contributed by atoms with Gasteiger partial charge in [0, 0.05) is 16.7 Å². The van der Waals surface area contributed by atoms with Crippen molar-refractivity contribution < 1.29 is 13.2 Å². The molecule has 0 aromatic heterocycles. The number of hydrogen-bond acceptors (Lipinski definition) is 3. The Labute approximate surface area is 128 Å². The predicted octanol–water partition coefficient (Wildman–Crippen LogP) is 4.88. The molecule has 0 N–H and O–H groups in total. The summed E-state index contributed by atoms with van der Waals surface area (Å²) in [5.74, 6) is 0.368. The van der Waals surface area contributed by atoms with E-state index in [-0.39, 0.29) is 14.9 Å². The van der Waals surface area contributed by atoms with E-state index in [1.807, 2.05) is 0 Å². The van der Waals surface area contributed by atoms with Gasteiger partial charge in [0.25, 0.3) is 9.05 Å². The Balaban J connectivity index is 2.74. The maximum absolute atomic E-state index is 11.2. The van der Waals surface area contributed by atoms with Crippen LogP contribution in [0.2, 0.25) is 10.0 Å². The van der Waals surface area contributed by atoms with Crippen molar-refractivity contribution in [3.63, 3.8) is 0 Å². The molecule has 0 heterocycles. The number of ether oxygens (including phenoxy) is 1. The number of halogens is 3. The first-order valence-electron chi connectivity index (χ1n) is 5.92. The van der Waals surface area contributed by atoms with Crippen LogP contribution >= 0.6 is 33.9 Å². The summed E-state index contributed by atoms with van der Waals surface area (Å²) < 4.78 is 27.9. The summed E-state index contributed by atoms with van der Waals surface area (Å²) in [6, 6.07) is 2.58. The third kappa shape index (κ3) is 5.38. The zero-order valence-electron chi connectivity index (χ0n) is 10.5. The molecule has 0 amide bonds. The van der Waals surface area contributed by atoms with Gasteiger partial charge in [0.05, 0.1) is 16.7 Å². The molecular formula is C12H15Cl3O3S. The van der Waals surface area contributed by atoms with Crippen molar-refractivity contribution >= 4 is 42.9 Å². The topological polar surface area (TPSA) is 43.4 Å². The van der Waals surface area contributed by atoms with Crippen molar-refractivity contribution in [1.82, 2.24) is 0 Å². The molecule has 0 saturated carbocycles. The van der Waals surface area contributed by atoms with E-state index in [2.05, 4.69) is 6.92 Å². The van der Waals surface area contributed by atoms with Gasteiger partial charge in [-0.1, -0.05) is 49.4 Å². The van der Waals surface area contributed by atoms with E-state index in [0.29, 0.717) is 12.4 Å². The molecule has 0 fully saturated rings. The van der Waals surface area contributed by atoms with Crippen LogP contribution in [0.3, 0.4) is 0 Å². The summed E-state index contributed by atoms with van der Waals surface area (Å²) in [6.07, 6.45) is 4.30. The highest BCUT2D eigenvalue weighted by atomic mass is 35.7. The van der Waals surface area contributed by atoms with Crippen molar-refractivity contribution in [2.75, 3.05) is 6.61 Å². The van der Waals surface area contributed by atoms with Crippen molar-refractivity contribution in [3.05, 3.63) is 22.2 Å². The quantitative estimate of drug-likeness (QED) is 0.522. The number of benzene rings is 1. The van der Waals surface area contributed by atoms with E-state index in [1.54, 1.807) is 0 Å². The molecule has 0 aliphatic heterocycles. The first-order valence-corrected chi connectivity index (χ1v) is 8.99. The Hall–Kier alpha value is -0.160. The van der Waals surface area contributed by atoms with E-state index < -0.39 is 9.05 Å². The van der Waals surface area contributed by atoms with E-state index in [4.69, 9.17) is 38.6 Å². The molecule has 0 unspecified atom stereocenters. The zero-order chi connectivity index (χ0) is 14.5. The molecular weight excluding hydrogens is 331 g/mol. The van der Waals surface area contributed by atoms with Crippen LogP contribution in [0.5, 0.6) is 5.75 Å². The lowest BCUT2D eigenvalue weighted by molar-refractivity contribution is 0.305. The summed E-state index contributed by atoms with van der Waals surface area (Å²) in [5.41, 5.74) is 0. The smallest absolute Gasteiger partial charge is 0.262 e. The van der Waals surface area contributed by atoms with Gasteiger partial charge in [-0.3, -0.25) is 0 Å². The zero-order valence-corrected chi connectivity index (χ0v) is 13.5. The average molecular weight is 346 g/mol. The minimum Gasteiger partial charge on any atom is -0.492 e. The van der Waals surface area contributed by atoms with Crippen LogP contribution in [0.15, 0.2) is 17.0 Å². The van der Waals surface area contributed by atoms with Gasteiger partial charge in [0.15, 0.2) is 0 Å². The molecule has 1 aromatic rings. The van der Waals surface area contributed by atoms with Crippen LogP contribution in [0.4, 0.5) is 0 Å². The lowest BCUT2D eigenvalue weighted by atomic mass is 10.2. The summed E-state index contributed by atoms with van der Waals surface area (Å²) in [6.45, 7) is 2.64. The summed E-state index contributed by atoms with van der Waals surface area (Å²) in [4.78, 5) is -0.209. The van der Waals surface area contributed by atoms with E-state index in [1.165, 1.54) is 12.1 Å². The lowest BCUT2D eigenvalue weighted by Crippen LogP contribution is -1.99. The van der Waals surface area contributed by atoms with E-state index in [9.17, 15) is 8.42 Å². The van der Waals surface area contributed by atoms with Crippen LogP contribution in [0, 0.1) is 0 Å². The number of unbranched alkanes of at least 4 members (excludes halogenated alkanes) is 3.